The molecular formula is C22H17FN4O3. The van der Waals surface area contributed by atoms with Gasteiger partial charge in [-0.05, 0) is 35.9 Å². The van der Waals surface area contributed by atoms with Gasteiger partial charge in [0.15, 0.2) is 5.78 Å². The van der Waals surface area contributed by atoms with Crippen LogP contribution in [0.15, 0.2) is 58.7 Å². The van der Waals surface area contributed by atoms with Gasteiger partial charge in [-0.3, -0.25) is 19.4 Å². The summed E-state index contributed by atoms with van der Waals surface area (Å²) in [5.74, 6) is -1.83. The van der Waals surface area contributed by atoms with Crippen molar-refractivity contribution in [2.45, 2.75) is 12.8 Å². The number of Topliss-reactive ketones (excluding diaryl/α,β-unsaturated/α-hetero) is 1. The molecule has 7 nitrogen and oxygen atoms in total. The first-order valence-electron chi connectivity index (χ1n) is 9.03. The number of anilines is 1. The SMILES string of the molecule is CNC(=O)C1=C(C(=O)Nc2ccc(CC(=O)c3cc(F)cc(C#N)c3)cc2)CC=N1. The highest BCUT2D eigenvalue weighted by atomic mass is 19.1. The van der Waals surface area contributed by atoms with Crippen molar-refractivity contribution in [3.63, 3.8) is 0 Å². The molecular weight excluding hydrogens is 387 g/mol. The van der Waals surface area contributed by atoms with Crippen LogP contribution in [-0.4, -0.2) is 30.9 Å². The molecule has 0 bridgehead atoms. The maximum absolute atomic E-state index is 13.5. The second-order valence-corrected chi connectivity index (χ2v) is 6.51. The number of carbonyl (C=O) groups is 3. The van der Waals surface area contributed by atoms with Crippen LogP contribution < -0.4 is 10.6 Å². The highest BCUT2D eigenvalue weighted by Crippen LogP contribution is 2.20. The Morgan fingerprint density at radius 3 is 2.53 bits per heavy atom. The van der Waals surface area contributed by atoms with E-state index in [0.717, 1.165) is 12.1 Å². The Kier molecular flexibility index (Phi) is 6.13. The summed E-state index contributed by atoms with van der Waals surface area (Å²) in [5, 5.41) is 14.0. The molecule has 8 heteroatoms. The molecule has 30 heavy (non-hydrogen) atoms. The van der Waals surface area contributed by atoms with Crippen LogP contribution in [0.2, 0.25) is 0 Å². The van der Waals surface area contributed by atoms with Crippen LogP contribution in [0.3, 0.4) is 0 Å². The molecule has 0 saturated carbocycles. The molecule has 1 heterocycles. The van der Waals surface area contributed by atoms with Gasteiger partial charge in [0, 0.05) is 37.4 Å². The average Bonchev–Trinajstić information content (AvgIpc) is 3.24. The van der Waals surface area contributed by atoms with E-state index in [1.165, 1.54) is 19.3 Å². The third kappa shape index (κ3) is 4.64. The van der Waals surface area contributed by atoms with Gasteiger partial charge < -0.3 is 10.6 Å². The third-order valence-corrected chi connectivity index (χ3v) is 4.44. The van der Waals surface area contributed by atoms with Crippen molar-refractivity contribution in [2.75, 3.05) is 12.4 Å². The molecule has 0 radical (unpaired) electrons. The molecule has 3 rings (SSSR count). The fraction of sp³-hybridized carbons (Fsp3) is 0.136. The van der Waals surface area contributed by atoms with E-state index in [0.29, 0.717) is 11.3 Å². The summed E-state index contributed by atoms with van der Waals surface area (Å²) in [6.07, 6.45) is 1.78. The summed E-state index contributed by atoms with van der Waals surface area (Å²) >= 11 is 0. The summed E-state index contributed by atoms with van der Waals surface area (Å²) in [5.41, 5.74) is 1.72. The zero-order chi connectivity index (χ0) is 21.7. The first-order chi connectivity index (χ1) is 14.4. The molecule has 0 atom stereocenters. The molecule has 2 aromatic carbocycles. The molecule has 1 aliphatic heterocycles. The van der Waals surface area contributed by atoms with E-state index < -0.39 is 17.6 Å². The maximum Gasteiger partial charge on any atom is 0.270 e. The summed E-state index contributed by atoms with van der Waals surface area (Å²) in [6, 6.07) is 11.9. The van der Waals surface area contributed by atoms with Crippen molar-refractivity contribution in [1.29, 1.82) is 5.26 Å². The second kappa shape index (κ2) is 8.92. The van der Waals surface area contributed by atoms with Crippen LogP contribution in [0.4, 0.5) is 10.1 Å². The Labute approximate surface area is 171 Å². The van der Waals surface area contributed by atoms with Gasteiger partial charge in [0.2, 0.25) is 0 Å². The van der Waals surface area contributed by atoms with Crippen LogP contribution in [-0.2, 0) is 16.0 Å². The van der Waals surface area contributed by atoms with E-state index in [2.05, 4.69) is 15.6 Å². The molecule has 150 valence electrons. The highest BCUT2D eigenvalue weighted by molar-refractivity contribution is 6.13. The molecule has 1 aliphatic rings. The maximum atomic E-state index is 13.5. The number of hydrogen-bond acceptors (Lipinski definition) is 5. The normalized spacial score (nSPS) is 12.4. The lowest BCUT2D eigenvalue weighted by Gasteiger charge is -2.08. The minimum Gasteiger partial charge on any atom is -0.354 e. The highest BCUT2D eigenvalue weighted by Gasteiger charge is 2.23. The van der Waals surface area contributed by atoms with Gasteiger partial charge in [-0.2, -0.15) is 5.26 Å². The van der Waals surface area contributed by atoms with Gasteiger partial charge in [0.1, 0.15) is 11.5 Å². The van der Waals surface area contributed by atoms with E-state index in [4.69, 9.17) is 5.26 Å². The fourth-order valence-corrected chi connectivity index (χ4v) is 2.93. The van der Waals surface area contributed by atoms with Crippen LogP contribution >= 0.6 is 0 Å². The fourth-order valence-electron chi connectivity index (χ4n) is 2.93. The number of amides is 2. The third-order valence-electron chi connectivity index (χ3n) is 4.44. The van der Waals surface area contributed by atoms with Crippen molar-refractivity contribution in [1.82, 2.24) is 5.32 Å². The van der Waals surface area contributed by atoms with Crippen LogP contribution in [0.5, 0.6) is 0 Å². The smallest absolute Gasteiger partial charge is 0.270 e. The van der Waals surface area contributed by atoms with E-state index in [-0.39, 0.29) is 41.0 Å². The number of rotatable bonds is 6. The number of hydrogen-bond donors (Lipinski definition) is 2. The molecule has 2 N–H and O–H groups in total. The Bertz CT molecular complexity index is 1130. The van der Waals surface area contributed by atoms with Crippen molar-refractivity contribution < 1.29 is 18.8 Å². The number of nitrogens with one attached hydrogen (secondary N) is 2. The molecule has 0 unspecified atom stereocenters. The van der Waals surface area contributed by atoms with Crippen LogP contribution in [0.1, 0.15) is 27.9 Å². The van der Waals surface area contributed by atoms with E-state index >= 15 is 0 Å². The Morgan fingerprint density at radius 2 is 1.87 bits per heavy atom. The number of halogens is 1. The van der Waals surface area contributed by atoms with Crippen molar-refractivity contribution in [3.8, 4) is 6.07 Å². The predicted molar refractivity (Wildman–Crippen MR) is 108 cm³/mol. The molecule has 0 spiro atoms. The average molecular weight is 404 g/mol. The number of ketones is 1. The summed E-state index contributed by atoms with van der Waals surface area (Å²) < 4.78 is 13.5. The van der Waals surface area contributed by atoms with Gasteiger partial charge in [0.05, 0.1) is 17.2 Å². The quantitative estimate of drug-likeness (QED) is 0.721. The van der Waals surface area contributed by atoms with Crippen molar-refractivity contribution >= 4 is 29.5 Å². The van der Waals surface area contributed by atoms with E-state index in [1.54, 1.807) is 24.3 Å². The Hall–Kier alpha value is -4.12. The number of likely N-dealkylation sites (N-methyl/N-ethyl adjacent to an activating group) is 1. The number of carbonyl (C=O) groups excluding carboxylic acids is 3. The lowest BCUT2D eigenvalue weighted by Crippen LogP contribution is -2.23. The second-order valence-electron chi connectivity index (χ2n) is 6.51. The minimum absolute atomic E-state index is 0.0162. The van der Waals surface area contributed by atoms with Crippen LogP contribution in [0.25, 0.3) is 0 Å². The van der Waals surface area contributed by atoms with E-state index in [1.807, 2.05) is 6.07 Å². The van der Waals surface area contributed by atoms with Crippen molar-refractivity contribution in [3.05, 3.63) is 76.2 Å². The molecule has 0 fully saturated rings. The number of aliphatic imine (C=N–C) groups is 1. The largest absolute Gasteiger partial charge is 0.354 e. The number of nitrogens with zero attached hydrogens (tertiary/aromatic N) is 2. The predicted octanol–water partition coefficient (Wildman–Crippen LogP) is 2.54. The van der Waals surface area contributed by atoms with Gasteiger partial charge in [-0.1, -0.05) is 12.1 Å². The zero-order valence-corrected chi connectivity index (χ0v) is 16.0. The van der Waals surface area contributed by atoms with Gasteiger partial charge in [-0.25, -0.2) is 4.39 Å². The molecule has 2 aromatic rings. The Morgan fingerprint density at radius 1 is 1.13 bits per heavy atom. The molecule has 0 aromatic heterocycles. The van der Waals surface area contributed by atoms with Gasteiger partial charge in [-0.15, -0.1) is 0 Å². The lowest BCUT2D eigenvalue weighted by atomic mass is 10.0. The lowest BCUT2D eigenvalue weighted by molar-refractivity contribution is -0.118. The first kappa shape index (κ1) is 20.6. The number of benzene rings is 2. The van der Waals surface area contributed by atoms with Crippen LogP contribution in [0, 0.1) is 17.1 Å². The molecule has 0 aliphatic carbocycles. The summed E-state index contributed by atoms with van der Waals surface area (Å²) in [6.45, 7) is 0. The summed E-state index contributed by atoms with van der Waals surface area (Å²) in [7, 11) is 1.46. The topological polar surface area (TPSA) is 111 Å². The zero-order valence-electron chi connectivity index (χ0n) is 16.0. The first-order valence-corrected chi connectivity index (χ1v) is 9.03. The minimum atomic E-state index is -0.642. The standard InChI is InChI=1S/C22H17FN4O3/c1-25-22(30)20-18(6-7-26-20)21(29)27-17-4-2-13(3-5-17)10-19(28)15-8-14(12-24)9-16(23)11-15/h2-5,7-9,11H,6,10H2,1H3,(H,25,30)(H,27,29). The van der Waals surface area contributed by atoms with E-state index in [9.17, 15) is 18.8 Å². The van der Waals surface area contributed by atoms with Crippen molar-refractivity contribution in [2.24, 2.45) is 4.99 Å². The summed E-state index contributed by atoms with van der Waals surface area (Å²) in [4.78, 5) is 40.5. The number of nitriles is 1. The molecule has 2 amide bonds. The monoisotopic (exact) mass is 404 g/mol. The van der Waals surface area contributed by atoms with Gasteiger partial charge in [0.25, 0.3) is 11.8 Å². The Balaban J connectivity index is 1.68. The molecule has 0 saturated heterocycles. The van der Waals surface area contributed by atoms with Gasteiger partial charge >= 0.3 is 0 Å².